The van der Waals surface area contributed by atoms with E-state index < -0.39 is 0 Å². The summed E-state index contributed by atoms with van der Waals surface area (Å²) in [6, 6.07) is 5.54. The summed E-state index contributed by atoms with van der Waals surface area (Å²) in [7, 11) is 0. The second kappa shape index (κ2) is 6.23. The van der Waals surface area contributed by atoms with Crippen molar-refractivity contribution in [2.45, 2.75) is 26.7 Å². The van der Waals surface area contributed by atoms with E-state index in [4.69, 9.17) is 5.73 Å². The first-order valence-corrected chi connectivity index (χ1v) is 5.62. The SMILES string of the molecule is CCCC(CN)C(=O)Nc1cccc(C)n1. The first kappa shape index (κ1) is 12.6. The molecule has 1 amide bonds. The lowest BCUT2D eigenvalue weighted by atomic mass is 10.0. The number of hydrogen-bond acceptors (Lipinski definition) is 3. The number of anilines is 1. The maximum absolute atomic E-state index is 11.8. The summed E-state index contributed by atoms with van der Waals surface area (Å²) in [6.07, 6.45) is 1.77. The second-order valence-corrected chi connectivity index (χ2v) is 3.87. The number of amides is 1. The van der Waals surface area contributed by atoms with Crippen LogP contribution in [0, 0.1) is 12.8 Å². The maximum atomic E-state index is 11.8. The average Bonchev–Trinajstić information content (AvgIpc) is 2.25. The van der Waals surface area contributed by atoms with Gasteiger partial charge in [-0.3, -0.25) is 4.79 Å². The topological polar surface area (TPSA) is 68.0 Å². The van der Waals surface area contributed by atoms with E-state index in [1.165, 1.54) is 0 Å². The molecule has 0 fully saturated rings. The third-order valence-corrected chi connectivity index (χ3v) is 2.43. The smallest absolute Gasteiger partial charge is 0.229 e. The molecule has 3 N–H and O–H groups in total. The first-order chi connectivity index (χ1) is 7.67. The largest absolute Gasteiger partial charge is 0.330 e. The van der Waals surface area contributed by atoms with Gasteiger partial charge in [-0.05, 0) is 25.5 Å². The van der Waals surface area contributed by atoms with E-state index in [0.717, 1.165) is 18.5 Å². The van der Waals surface area contributed by atoms with E-state index in [1.54, 1.807) is 6.07 Å². The zero-order chi connectivity index (χ0) is 12.0. The molecule has 0 aliphatic carbocycles. The van der Waals surface area contributed by atoms with Gasteiger partial charge in [0.25, 0.3) is 0 Å². The Morgan fingerprint density at radius 3 is 2.88 bits per heavy atom. The Hall–Kier alpha value is -1.42. The van der Waals surface area contributed by atoms with Crippen molar-refractivity contribution >= 4 is 11.7 Å². The van der Waals surface area contributed by atoms with Crippen LogP contribution in [0.3, 0.4) is 0 Å². The van der Waals surface area contributed by atoms with Crippen molar-refractivity contribution in [1.29, 1.82) is 0 Å². The molecule has 0 spiro atoms. The van der Waals surface area contributed by atoms with E-state index in [1.807, 2.05) is 26.0 Å². The molecule has 88 valence electrons. The highest BCUT2D eigenvalue weighted by atomic mass is 16.1. The fourth-order valence-electron chi connectivity index (χ4n) is 1.55. The standard InChI is InChI=1S/C12H19N3O/c1-3-5-10(8-13)12(16)15-11-7-4-6-9(2)14-11/h4,6-7,10H,3,5,8,13H2,1-2H3,(H,14,15,16). The molecule has 0 aliphatic rings. The Morgan fingerprint density at radius 1 is 1.56 bits per heavy atom. The van der Waals surface area contributed by atoms with Crippen LogP contribution in [0.2, 0.25) is 0 Å². The van der Waals surface area contributed by atoms with Gasteiger partial charge in [0.2, 0.25) is 5.91 Å². The molecule has 1 heterocycles. The number of rotatable bonds is 5. The number of aryl methyl sites for hydroxylation is 1. The van der Waals surface area contributed by atoms with Gasteiger partial charge in [0.05, 0.1) is 5.92 Å². The monoisotopic (exact) mass is 221 g/mol. The van der Waals surface area contributed by atoms with Crippen LogP contribution in [0.25, 0.3) is 0 Å². The second-order valence-electron chi connectivity index (χ2n) is 3.87. The number of aromatic nitrogens is 1. The van der Waals surface area contributed by atoms with Gasteiger partial charge in [-0.2, -0.15) is 0 Å². The quantitative estimate of drug-likeness (QED) is 0.795. The van der Waals surface area contributed by atoms with Gasteiger partial charge in [-0.1, -0.05) is 19.4 Å². The molecule has 1 aromatic rings. The number of nitrogens with zero attached hydrogens (tertiary/aromatic N) is 1. The van der Waals surface area contributed by atoms with Crippen molar-refractivity contribution in [3.8, 4) is 0 Å². The van der Waals surface area contributed by atoms with Crippen LogP contribution in [0.5, 0.6) is 0 Å². The minimum Gasteiger partial charge on any atom is -0.330 e. The van der Waals surface area contributed by atoms with Gasteiger partial charge < -0.3 is 11.1 Å². The van der Waals surface area contributed by atoms with Crippen LogP contribution in [-0.2, 0) is 4.79 Å². The van der Waals surface area contributed by atoms with Gasteiger partial charge in [0.1, 0.15) is 5.82 Å². The van der Waals surface area contributed by atoms with Crippen LogP contribution < -0.4 is 11.1 Å². The van der Waals surface area contributed by atoms with Crippen molar-refractivity contribution in [1.82, 2.24) is 4.98 Å². The van der Waals surface area contributed by atoms with E-state index in [0.29, 0.717) is 12.4 Å². The predicted molar refractivity (Wildman–Crippen MR) is 65.1 cm³/mol. The molecule has 0 radical (unpaired) electrons. The molecular weight excluding hydrogens is 202 g/mol. The van der Waals surface area contributed by atoms with E-state index in [9.17, 15) is 4.79 Å². The predicted octanol–water partition coefficient (Wildman–Crippen LogP) is 1.70. The summed E-state index contributed by atoms with van der Waals surface area (Å²) in [5, 5.41) is 2.79. The zero-order valence-corrected chi connectivity index (χ0v) is 9.86. The molecule has 4 heteroatoms. The molecule has 4 nitrogen and oxygen atoms in total. The third-order valence-electron chi connectivity index (χ3n) is 2.43. The number of nitrogens with one attached hydrogen (secondary N) is 1. The van der Waals surface area contributed by atoms with Gasteiger partial charge >= 0.3 is 0 Å². The van der Waals surface area contributed by atoms with Crippen molar-refractivity contribution in [2.24, 2.45) is 11.7 Å². The third kappa shape index (κ3) is 3.62. The van der Waals surface area contributed by atoms with Gasteiger partial charge in [0, 0.05) is 12.2 Å². The van der Waals surface area contributed by atoms with Crippen molar-refractivity contribution in [2.75, 3.05) is 11.9 Å². The Morgan fingerprint density at radius 2 is 2.31 bits per heavy atom. The number of pyridine rings is 1. The summed E-state index contributed by atoms with van der Waals surface area (Å²) in [6.45, 7) is 4.31. The summed E-state index contributed by atoms with van der Waals surface area (Å²) >= 11 is 0. The van der Waals surface area contributed by atoms with E-state index in [2.05, 4.69) is 10.3 Å². The fraction of sp³-hybridized carbons (Fsp3) is 0.500. The van der Waals surface area contributed by atoms with Crippen LogP contribution >= 0.6 is 0 Å². The van der Waals surface area contributed by atoms with E-state index >= 15 is 0 Å². The van der Waals surface area contributed by atoms with Crippen molar-refractivity contribution in [3.05, 3.63) is 23.9 Å². The molecule has 0 aliphatic heterocycles. The van der Waals surface area contributed by atoms with Gasteiger partial charge in [-0.25, -0.2) is 4.98 Å². The molecule has 0 saturated heterocycles. The Labute approximate surface area is 96.3 Å². The summed E-state index contributed by atoms with van der Waals surface area (Å²) < 4.78 is 0. The van der Waals surface area contributed by atoms with Crippen LogP contribution in [0.15, 0.2) is 18.2 Å². The molecule has 1 atom stereocenters. The molecule has 1 rings (SSSR count). The Balaban J connectivity index is 2.62. The fourth-order valence-corrected chi connectivity index (χ4v) is 1.55. The van der Waals surface area contributed by atoms with Crippen molar-refractivity contribution < 1.29 is 4.79 Å². The highest BCUT2D eigenvalue weighted by molar-refractivity contribution is 5.91. The number of hydrogen-bond donors (Lipinski definition) is 2. The van der Waals surface area contributed by atoms with E-state index in [-0.39, 0.29) is 11.8 Å². The molecule has 0 aromatic carbocycles. The maximum Gasteiger partial charge on any atom is 0.229 e. The number of nitrogens with two attached hydrogens (primary N) is 1. The summed E-state index contributed by atoms with van der Waals surface area (Å²) in [5.41, 5.74) is 6.45. The molecule has 0 saturated carbocycles. The molecular formula is C12H19N3O. The normalized spacial score (nSPS) is 12.2. The Kier molecular flexibility index (Phi) is 4.92. The van der Waals surface area contributed by atoms with Crippen LogP contribution in [-0.4, -0.2) is 17.4 Å². The molecule has 16 heavy (non-hydrogen) atoms. The average molecular weight is 221 g/mol. The lowest BCUT2D eigenvalue weighted by Gasteiger charge is -2.13. The van der Waals surface area contributed by atoms with Gasteiger partial charge in [-0.15, -0.1) is 0 Å². The Bertz CT molecular complexity index is 352. The summed E-state index contributed by atoms with van der Waals surface area (Å²) in [4.78, 5) is 16.0. The highest BCUT2D eigenvalue weighted by Crippen LogP contribution is 2.09. The lowest BCUT2D eigenvalue weighted by Crippen LogP contribution is -2.29. The van der Waals surface area contributed by atoms with Crippen LogP contribution in [0.4, 0.5) is 5.82 Å². The van der Waals surface area contributed by atoms with Crippen molar-refractivity contribution in [3.63, 3.8) is 0 Å². The molecule has 0 bridgehead atoms. The summed E-state index contributed by atoms with van der Waals surface area (Å²) in [5.74, 6) is 0.439. The first-order valence-electron chi connectivity index (χ1n) is 5.62. The lowest BCUT2D eigenvalue weighted by molar-refractivity contribution is -0.119. The van der Waals surface area contributed by atoms with Gasteiger partial charge in [0.15, 0.2) is 0 Å². The highest BCUT2D eigenvalue weighted by Gasteiger charge is 2.15. The number of carbonyl (C=O) groups excluding carboxylic acids is 1. The number of carbonyl (C=O) groups is 1. The zero-order valence-electron chi connectivity index (χ0n) is 9.86. The minimum absolute atomic E-state index is 0.0394. The van der Waals surface area contributed by atoms with Crippen LogP contribution in [0.1, 0.15) is 25.5 Å². The molecule has 1 aromatic heterocycles. The molecule has 1 unspecified atom stereocenters. The minimum atomic E-state index is -0.118.